The van der Waals surface area contributed by atoms with Crippen LogP contribution in [0.15, 0.2) is 0 Å². The molecule has 14 heavy (non-hydrogen) atoms. The number of hydrogen-bond donors (Lipinski definition) is 0. The number of ketones is 1. The highest BCUT2D eigenvalue weighted by atomic mass is 35.5. The second kappa shape index (κ2) is 5.79. The van der Waals surface area contributed by atoms with Crippen LogP contribution in [-0.2, 0) is 4.79 Å². The summed E-state index contributed by atoms with van der Waals surface area (Å²) >= 11 is 23.4. The summed E-state index contributed by atoms with van der Waals surface area (Å²) in [5, 5.41) is 0. The lowest BCUT2D eigenvalue weighted by Gasteiger charge is -2.25. The molecule has 0 bridgehead atoms. The third-order valence-electron chi connectivity index (χ3n) is 1.79. The minimum absolute atomic E-state index is 0.361. The molecule has 0 aromatic heterocycles. The Labute approximate surface area is 105 Å². The normalized spacial score (nSPS) is 13.0. The first-order valence-electron chi connectivity index (χ1n) is 4.58. The van der Waals surface area contributed by atoms with Crippen molar-refractivity contribution in [1.82, 2.24) is 0 Å². The molecule has 0 aliphatic carbocycles. The van der Waals surface area contributed by atoms with Gasteiger partial charge in [-0.15, -0.1) is 0 Å². The zero-order valence-electron chi connectivity index (χ0n) is 8.25. The molecule has 0 heterocycles. The molecule has 0 saturated carbocycles. The van der Waals surface area contributed by atoms with Gasteiger partial charge in [-0.1, -0.05) is 73.1 Å². The summed E-state index contributed by atoms with van der Waals surface area (Å²) in [5.74, 6) is -0.514. The zero-order valence-corrected chi connectivity index (χ0v) is 11.3. The number of carbonyl (C=O) groups is 1. The molecule has 84 valence electrons. The van der Waals surface area contributed by atoms with E-state index >= 15 is 0 Å². The highest BCUT2D eigenvalue weighted by molar-refractivity contribution is 6.68. The van der Waals surface area contributed by atoms with Gasteiger partial charge in [0.15, 0.2) is 8.67 Å². The minimum Gasteiger partial charge on any atom is -0.293 e. The summed E-state index contributed by atoms with van der Waals surface area (Å²) in [4.78, 5) is 11.7. The Morgan fingerprint density at radius 3 is 1.43 bits per heavy atom. The second-order valence-corrected chi connectivity index (χ2v) is 6.21. The van der Waals surface area contributed by atoms with Crippen molar-refractivity contribution in [2.24, 2.45) is 0 Å². The second-order valence-electron chi connectivity index (χ2n) is 3.24. The number of carbonyl (C=O) groups excluding carboxylic acids is 1. The molecule has 0 fully saturated rings. The molecule has 0 spiro atoms. The van der Waals surface area contributed by atoms with Gasteiger partial charge in [0, 0.05) is 0 Å². The Morgan fingerprint density at radius 1 is 0.929 bits per heavy atom. The van der Waals surface area contributed by atoms with E-state index in [0.717, 1.165) is 0 Å². The first kappa shape index (κ1) is 14.8. The minimum atomic E-state index is -1.46. The fourth-order valence-corrected chi connectivity index (χ4v) is 2.72. The molecule has 0 atom stereocenters. The van der Waals surface area contributed by atoms with Crippen LogP contribution in [0.1, 0.15) is 39.5 Å². The number of hydrogen-bond acceptors (Lipinski definition) is 1. The number of Topliss-reactive ketones (excluding diaryl/α,β-unsaturated/α-hetero) is 1. The fourth-order valence-electron chi connectivity index (χ4n) is 1.12. The van der Waals surface area contributed by atoms with E-state index in [1.165, 1.54) is 0 Å². The molecule has 0 amide bonds. The van der Waals surface area contributed by atoms with E-state index in [9.17, 15) is 4.79 Å². The van der Waals surface area contributed by atoms with Gasteiger partial charge in [-0.3, -0.25) is 4.79 Å². The average molecular weight is 280 g/mol. The summed E-state index contributed by atoms with van der Waals surface area (Å²) in [6, 6.07) is 0. The fraction of sp³-hybridized carbons (Fsp3) is 0.889. The molecule has 1 nitrogen and oxygen atoms in total. The molecule has 0 saturated heterocycles. The van der Waals surface area contributed by atoms with Crippen molar-refractivity contribution < 1.29 is 4.79 Å². The Morgan fingerprint density at radius 2 is 1.21 bits per heavy atom. The SMILES string of the molecule is CCCC(Cl)(Cl)C(=O)C(Cl)(Cl)CCC. The van der Waals surface area contributed by atoms with Crippen LogP contribution < -0.4 is 0 Å². The lowest BCUT2D eigenvalue weighted by Crippen LogP contribution is -2.39. The van der Waals surface area contributed by atoms with Crippen LogP contribution in [0.25, 0.3) is 0 Å². The van der Waals surface area contributed by atoms with Crippen molar-refractivity contribution in [2.75, 3.05) is 0 Å². The van der Waals surface area contributed by atoms with Crippen LogP contribution in [0.3, 0.4) is 0 Å². The van der Waals surface area contributed by atoms with E-state index < -0.39 is 14.4 Å². The lowest BCUT2D eigenvalue weighted by molar-refractivity contribution is -0.120. The predicted octanol–water partition coefficient (Wildman–Crippen LogP) is 4.50. The van der Waals surface area contributed by atoms with Crippen molar-refractivity contribution in [3.05, 3.63) is 0 Å². The number of rotatable bonds is 6. The van der Waals surface area contributed by atoms with E-state index in [0.29, 0.717) is 25.7 Å². The Kier molecular flexibility index (Phi) is 6.13. The highest BCUT2D eigenvalue weighted by Crippen LogP contribution is 2.39. The third kappa shape index (κ3) is 4.14. The van der Waals surface area contributed by atoms with Gasteiger partial charge < -0.3 is 0 Å². The molecule has 0 unspecified atom stereocenters. The van der Waals surface area contributed by atoms with Crippen molar-refractivity contribution in [3.8, 4) is 0 Å². The average Bonchev–Trinajstić information content (AvgIpc) is 2.02. The van der Waals surface area contributed by atoms with E-state index in [-0.39, 0.29) is 0 Å². The topological polar surface area (TPSA) is 17.1 Å². The van der Waals surface area contributed by atoms with Gasteiger partial charge in [-0.2, -0.15) is 0 Å². The molecule has 0 N–H and O–H groups in total. The maximum absolute atomic E-state index is 11.7. The van der Waals surface area contributed by atoms with Gasteiger partial charge in [0.05, 0.1) is 0 Å². The van der Waals surface area contributed by atoms with Crippen LogP contribution in [0.2, 0.25) is 0 Å². The first-order chi connectivity index (χ1) is 6.28. The number of halogens is 4. The van der Waals surface area contributed by atoms with Crippen molar-refractivity contribution in [2.45, 2.75) is 48.2 Å². The molecular formula is C9H14Cl4O. The maximum atomic E-state index is 11.7. The van der Waals surface area contributed by atoms with Gasteiger partial charge in [0.25, 0.3) is 0 Å². The molecule has 0 aliphatic rings. The Balaban J connectivity index is 4.58. The standard InChI is InChI=1S/C9H14Cl4O/c1-3-5-8(10,11)7(14)9(12,13)6-4-2/h3-6H2,1-2H3. The van der Waals surface area contributed by atoms with Gasteiger partial charge in [0.2, 0.25) is 5.78 Å². The molecule has 0 radical (unpaired) electrons. The van der Waals surface area contributed by atoms with Gasteiger partial charge >= 0.3 is 0 Å². The smallest absolute Gasteiger partial charge is 0.204 e. The van der Waals surface area contributed by atoms with Crippen LogP contribution in [0.4, 0.5) is 0 Å². The summed E-state index contributed by atoms with van der Waals surface area (Å²) in [6.45, 7) is 3.77. The third-order valence-corrected chi connectivity index (χ3v) is 3.23. The highest BCUT2D eigenvalue weighted by Gasteiger charge is 2.45. The zero-order chi connectivity index (χ0) is 11.4. The van der Waals surface area contributed by atoms with Crippen LogP contribution in [0, 0.1) is 0 Å². The van der Waals surface area contributed by atoms with Crippen LogP contribution in [0.5, 0.6) is 0 Å². The van der Waals surface area contributed by atoms with E-state index in [1.807, 2.05) is 13.8 Å². The molecule has 0 aliphatic heterocycles. The van der Waals surface area contributed by atoms with Crippen molar-refractivity contribution >= 4 is 52.2 Å². The maximum Gasteiger partial charge on any atom is 0.204 e. The summed E-state index contributed by atoms with van der Waals surface area (Å²) in [5.41, 5.74) is 0. The summed E-state index contributed by atoms with van der Waals surface area (Å²) in [7, 11) is 0. The molecule has 5 heteroatoms. The van der Waals surface area contributed by atoms with Crippen molar-refractivity contribution in [3.63, 3.8) is 0 Å². The van der Waals surface area contributed by atoms with Gasteiger partial charge in [-0.25, -0.2) is 0 Å². The number of alkyl halides is 4. The van der Waals surface area contributed by atoms with E-state index in [2.05, 4.69) is 0 Å². The molecule has 0 aromatic carbocycles. The summed E-state index contributed by atoms with van der Waals surface area (Å²) < 4.78 is -2.93. The molecule has 0 aromatic rings. The van der Waals surface area contributed by atoms with E-state index in [4.69, 9.17) is 46.4 Å². The summed E-state index contributed by atoms with van der Waals surface area (Å²) in [6.07, 6.45) is 2.13. The van der Waals surface area contributed by atoms with E-state index in [1.54, 1.807) is 0 Å². The predicted molar refractivity (Wildman–Crippen MR) is 63.7 cm³/mol. The van der Waals surface area contributed by atoms with Crippen LogP contribution in [-0.4, -0.2) is 14.4 Å². The first-order valence-corrected chi connectivity index (χ1v) is 6.09. The monoisotopic (exact) mass is 278 g/mol. The van der Waals surface area contributed by atoms with Gasteiger partial charge in [-0.05, 0) is 12.8 Å². The quantitative estimate of drug-likeness (QED) is 0.654. The lowest BCUT2D eigenvalue weighted by atomic mass is 10.1. The van der Waals surface area contributed by atoms with Crippen molar-refractivity contribution in [1.29, 1.82) is 0 Å². The molecular weight excluding hydrogens is 266 g/mol. The Bertz CT molecular complexity index is 181. The largest absolute Gasteiger partial charge is 0.293 e. The molecule has 0 rings (SSSR count). The van der Waals surface area contributed by atoms with Crippen LogP contribution >= 0.6 is 46.4 Å². The Hall–Kier alpha value is 0.830. The van der Waals surface area contributed by atoms with Gasteiger partial charge in [0.1, 0.15) is 0 Å².